The molecule has 1 N–H and O–H groups in total. The second-order valence-corrected chi connectivity index (χ2v) is 3.52. The summed E-state index contributed by atoms with van der Waals surface area (Å²) in [6.45, 7) is 3.19. The predicted molar refractivity (Wildman–Crippen MR) is 50.5 cm³/mol. The molecule has 0 radical (unpaired) electrons. The summed E-state index contributed by atoms with van der Waals surface area (Å²) in [5.74, 6) is 0. The van der Waals surface area contributed by atoms with Gasteiger partial charge in [0.15, 0.2) is 6.29 Å². The molecule has 6 heteroatoms. The minimum Gasteiger partial charge on any atom is -0.354 e. The third-order valence-electron chi connectivity index (χ3n) is 1.96. The van der Waals surface area contributed by atoms with Gasteiger partial charge in [0.2, 0.25) is 0 Å². The Morgan fingerprint density at radius 2 is 1.60 bits per heavy atom. The number of nitrogens with one attached hydrogen (secondary N) is 1. The quantitative estimate of drug-likeness (QED) is 0.706. The Morgan fingerprint density at radius 1 is 1.13 bits per heavy atom. The number of ether oxygens (including phenoxy) is 2. The number of alkyl halides is 3. The Morgan fingerprint density at radius 3 is 1.93 bits per heavy atom. The molecule has 0 aromatic rings. The fourth-order valence-electron chi connectivity index (χ4n) is 1.44. The lowest BCUT2D eigenvalue weighted by atomic mass is 10.2. The van der Waals surface area contributed by atoms with Crippen LogP contribution in [-0.4, -0.2) is 38.8 Å². The predicted octanol–water partition coefficient (Wildman–Crippen LogP) is 1.92. The molecule has 0 saturated carbocycles. The summed E-state index contributed by atoms with van der Waals surface area (Å²) in [6, 6.07) is -0.954. The maximum absolute atomic E-state index is 12.0. The third kappa shape index (κ3) is 6.70. The molecule has 0 aliphatic rings. The van der Waals surface area contributed by atoms with E-state index in [0.717, 1.165) is 0 Å². The Kier molecular flexibility index (Phi) is 6.16. The summed E-state index contributed by atoms with van der Waals surface area (Å²) in [4.78, 5) is 0. The van der Waals surface area contributed by atoms with E-state index in [-0.39, 0.29) is 6.04 Å². The average Bonchev–Trinajstić information content (AvgIpc) is 2.02. The molecule has 0 aliphatic carbocycles. The van der Waals surface area contributed by atoms with Crippen LogP contribution in [0.15, 0.2) is 0 Å². The maximum Gasteiger partial charge on any atom is 0.390 e. The number of halogens is 3. The summed E-state index contributed by atoms with van der Waals surface area (Å²) in [6.07, 6.45) is -5.56. The fourth-order valence-corrected chi connectivity index (χ4v) is 1.44. The summed E-state index contributed by atoms with van der Waals surface area (Å²) in [7, 11) is 2.89. The fraction of sp³-hybridized carbons (Fsp3) is 1.00. The van der Waals surface area contributed by atoms with Crippen LogP contribution in [0.3, 0.4) is 0 Å². The number of hydrogen-bond acceptors (Lipinski definition) is 3. The normalized spacial score (nSPS) is 16.8. The topological polar surface area (TPSA) is 30.5 Å². The summed E-state index contributed by atoms with van der Waals surface area (Å²) >= 11 is 0. The van der Waals surface area contributed by atoms with Crippen LogP contribution in [0.5, 0.6) is 0 Å². The molecule has 2 atom stereocenters. The standard InChI is InChI=1S/C9H18F3NO2/c1-6(5-9(10,11)12)13-7(2)8(14-3)15-4/h6-8,13H,5H2,1-4H3. The van der Waals surface area contributed by atoms with Gasteiger partial charge in [0.25, 0.3) is 0 Å². The molecule has 0 spiro atoms. The van der Waals surface area contributed by atoms with Crippen molar-refractivity contribution in [2.75, 3.05) is 14.2 Å². The van der Waals surface area contributed by atoms with Gasteiger partial charge in [0.1, 0.15) is 0 Å². The Labute approximate surface area is 87.9 Å². The summed E-state index contributed by atoms with van der Waals surface area (Å²) < 4.78 is 45.9. The van der Waals surface area contributed by atoms with Crippen molar-refractivity contribution in [2.45, 2.75) is 44.8 Å². The highest BCUT2D eigenvalue weighted by Gasteiger charge is 2.31. The smallest absolute Gasteiger partial charge is 0.354 e. The SMILES string of the molecule is COC(OC)C(C)NC(C)CC(F)(F)F. The van der Waals surface area contributed by atoms with E-state index in [2.05, 4.69) is 5.32 Å². The number of hydrogen-bond donors (Lipinski definition) is 1. The van der Waals surface area contributed by atoms with E-state index < -0.39 is 24.9 Å². The average molecular weight is 229 g/mol. The minimum absolute atomic E-state index is 0.294. The number of rotatable bonds is 6. The lowest BCUT2D eigenvalue weighted by Crippen LogP contribution is -2.45. The van der Waals surface area contributed by atoms with Crippen molar-refractivity contribution in [2.24, 2.45) is 0 Å². The highest BCUT2D eigenvalue weighted by molar-refractivity contribution is 4.72. The second-order valence-electron chi connectivity index (χ2n) is 3.52. The van der Waals surface area contributed by atoms with E-state index >= 15 is 0 Å². The van der Waals surface area contributed by atoms with Crippen LogP contribution in [0.2, 0.25) is 0 Å². The van der Waals surface area contributed by atoms with Gasteiger partial charge in [0, 0.05) is 20.3 Å². The Bertz CT molecular complexity index is 171. The first-order valence-electron chi connectivity index (χ1n) is 4.68. The van der Waals surface area contributed by atoms with Gasteiger partial charge >= 0.3 is 6.18 Å². The van der Waals surface area contributed by atoms with Crippen LogP contribution in [0.1, 0.15) is 20.3 Å². The van der Waals surface area contributed by atoms with Gasteiger partial charge in [0.05, 0.1) is 12.5 Å². The largest absolute Gasteiger partial charge is 0.390 e. The highest BCUT2D eigenvalue weighted by atomic mass is 19.4. The van der Waals surface area contributed by atoms with E-state index in [1.807, 2.05) is 0 Å². The zero-order valence-corrected chi connectivity index (χ0v) is 9.39. The van der Waals surface area contributed by atoms with Gasteiger partial charge < -0.3 is 14.8 Å². The first kappa shape index (κ1) is 14.7. The van der Waals surface area contributed by atoms with Crippen LogP contribution in [0.25, 0.3) is 0 Å². The van der Waals surface area contributed by atoms with Crippen molar-refractivity contribution < 1.29 is 22.6 Å². The van der Waals surface area contributed by atoms with Crippen LogP contribution < -0.4 is 5.32 Å². The molecule has 0 amide bonds. The van der Waals surface area contributed by atoms with E-state index in [1.54, 1.807) is 6.92 Å². The van der Waals surface area contributed by atoms with Crippen molar-refractivity contribution in [3.8, 4) is 0 Å². The molecule has 0 aromatic heterocycles. The molecule has 92 valence electrons. The molecule has 0 saturated heterocycles. The molecule has 15 heavy (non-hydrogen) atoms. The highest BCUT2D eigenvalue weighted by Crippen LogP contribution is 2.21. The van der Waals surface area contributed by atoms with Crippen molar-refractivity contribution >= 4 is 0 Å². The minimum atomic E-state index is -4.15. The van der Waals surface area contributed by atoms with Crippen LogP contribution in [-0.2, 0) is 9.47 Å². The van der Waals surface area contributed by atoms with Crippen molar-refractivity contribution in [3.05, 3.63) is 0 Å². The number of methoxy groups -OCH3 is 2. The first-order chi connectivity index (χ1) is 6.80. The molecular formula is C9H18F3NO2. The first-order valence-corrected chi connectivity index (χ1v) is 4.68. The summed E-state index contributed by atoms with van der Waals surface area (Å²) in [5, 5.41) is 2.77. The second kappa shape index (κ2) is 6.30. The lowest BCUT2D eigenvalue weighted by Gasteiger charge is -2.26. The molecule has 0 bridgehead atoms. The zero-order valence-electron chi connectivity index (χ0n) is 9.39. The maximum atomic E-state index is 12.0. The van der Waals surface area contributed by atoms with E-state index in [9.17, 15) is 13.2 Å². The monoisotopic (exact) mass is 229 g/mol. The van der Waals surface area contributed by atoms with Crippen molar-refractivity contribution in [1.29, 1.82) is 0 Å². The lowest BCUT2D eigenvalue weighted by molar-refractivity contribution is -0.145. The van der Waals surface area contributed by atoms with Gasteiger partial charge in [-0.25, -0.2) is 0 Å². The van der Waals surface area contributed by atoms with E-state index in [1.165, 1.54) is 21.1 Å². The third-order valence-corrected chi connectivity index (χ3v) is 1.96. The van der Waals surface area contributed by atoms with Gasteiger partial charge in [-0.2, -0.15) is 13.2 Å². The zero-order chi connectivity index (χ0) is 12.1. The van der Waals surface area contributed by atoms with Crippen molar-refractivity contribution in [3.63, 3.8) is 0 Å². The van der Waals surface area contributed by atoms with Gasteiger partial charge in [-0.05, 0) is 13.8 Å². The molecule has 3 nitrogen and oxygen atoms in total. The molecule has 0 heterocycles. The molecule has 0 aliphatic heterocycles. The molecule has 2 unspecified atom stereocenters. The van der Waals surface area contributed by atoms with Crippen LogP contribution in [0.4, 0.5) is 13.2 Å². The van der Waals surface area contributed by atoms with Crippen LogP contribution in [0, 0.1) is 0 Å². The van der Waals surface area contributed by atoms with Gasteiger partial charge in [-0.15, -0.1) is 0 Å². The van der Waals surface area contributed by atoms with Crippen LogP contribution >= 0.6 is 0 Å². The van der Waals surface area contributed by atoms with Gasteiger partial charge in [-0.1, -0.05) is 0 Å². The Balaban J connectivity index is 4.00. The summed E-state index contributed by atoms with van der Waals surface area (Å²) in [5.41, 5.74) is 0. The van der Waals surface area contributed by atoms with Gasteiger partial charge in [-0.3, -0.25) is 0 Å². The molecular weight excluding hydrogens is 211 g/mol. The Hall–Kier alpha value is -0.330. The van der Waals surface area contributed by atoms with Crippen molar-refractivity contribution in [1.82, 2.24) is 5.32 Å². The molecule has 0 rings (SSSR count). The molecule has 0 fully saturated rings. The molecule has 0 aromatic carbocycles. The van der Waals surface area contributed by atoms with E-state index in [4.69, 9.17) is 9.47 Å². The van der Waals surface area contributed by atoms with E-state index in [0.29, 0.717) is 0 Å².